The highest BCUT2D eigenvalue weighted by atomic mass is 16.6. The molecule has 0 unspecified atom stereocenters. The van der Waals surface area contributed by atoms with Crippen molar-refractivity contribution in [1.29, 1.82) is 0 Å². The first-order valence-corrected chi connectivity index (χ1v) is 6.79. The summed E-state index contributed by atoms with van der Waals surface area (Å²) in [4.78, 5) is 11.1. The Labute approximate surface area is 117 Å². The van der Waals surface area contributed by atoms with Gasteiger partial charge in [-0.2, -0.15) is 0 Å². The highest BCUT2D eigenvalue weighted by molar-refractivity contribution is 5.71. The summed E-state index contributed by atoms with van der Waals surface area (Å²) in [5.41, 5.74) is 1.63. The maximum Gasteiger partial charge on any atom is 0.304 e. The molecule has 1 aliphatic heterocycles. The van der Waals surface area contributed by atoms with Crippen LogP contribution in [0.5, 0.6) is 11.5 Å². The lowest BCUT2D eigenvalue weighted by molar-refractivity contribution is -0.137. The highest BCUT2D eigenvalue weighted by Gasteiger charge is 2.48. The van der Waals surface area contributed by atoms with Gasteiger partial charge >= 0.3 is 5.97 Å². The lowest BCUT2D eigenvalue weighted by Crippen LogP contribution is -2.21. The molecule has 0 saturated heterocycles. The van der Waals surface area contributed by atoms with E-state index in [-0.39, 0.29) is 11.8 Å². The number of carboxylic acids is 1. The fourth-order valence-electron chi connectivity index (χ4n) is 2.86. The van der Waals surface area contributed by atoms with E-state index in [1.807, 2.05) is 12.1 Å². The first-order valence-electron chi connectivity index (χ1n) is 6.79. The number of carbonyl (C=O) groups is 1. The van der Waals surface area contributed by atoms with E-state index in [1.54, 1.807) is 7.11 Å². The van der Waals surface area contributed by atoms with E-state index in [0.29, 0.717) is 31.3 Å². The van der Waals surface area contributed by atoms with Crippen molar-refractivity contribution < 1.29 is 24.1 Å². The van der Waals surface area contributed by atoms with Gasteiger partial charge in [0.05, 0.1) is 13.0 Å². The predicted octanol–water partition coefficient (Wildman–Crippen LogP) is 2.11. The van der Waals surface area contributed by atoms with Crippen LogP contribution in [0.25, 0.3) is 0 Å². The minimum absolute atomic E-state index is 0.145. The smallest absolute Gasteiger partial charge is 0.304 e. The van der Waals surface area contributed by atoms with Gasteiger partial charge < -0.3 is 19.3 Å². The lowest BCUT2D eigenvalue weighted by Gasteiger charge is -2.26. The topological polar surface area (TPSA) is 65.0 Å². The Morgan fingerprint density at radius 3 is 2.60 bits per heavy atom. The van der Waals surface area contributed by atoms with Crippen molar-refractivity contribution in [2.75, 3.05) is 20.3 Å². The van der Waals surface area contributed by atoms with Gasteiger partial charge in [-0.05, 0) is 12.8 Å². The van der Waals surface area contributed by atoms with E-state index in [1.165, 1.54) is 0 Å². The van der Waals surface area contributed by atoms with Crippen LogP contribution < -0.4 is 9.47 Å². The molecule has 0 bridgehead atoms. The molecule has 1 aliphatic carbocycles. The molecule has 20 heavy (non-hydrogen) atoms. The van der Waals surface area contributed by atoms with Gasteiger partial charge in [-0.25, -0.2) is 0 Å². The molecule has 1 fully saturated rings. The van der Waals surface area contributed by atoms with Crippen LogP contribution in [0.15, 0.2) is 12.1 Å². The van der Waals surface area contributed by atoms with Gasteiger partial charge in [0.2, 0.25) is 0 Å². The van der Waals surface area contributed by atoms with Crippen LogP contribution in [0.4, 0.5) is 0 Å². The van der Waals surface area contributed by atoms with Gasteiger partial charge in [0, 0.05) is 23.7 Å². The second kappa shape index (κ2) is 4.98. The molecule has 2 aliphatic rings. The van der Waals surface area contributed by atoms with Crippen LogP contribution in [-0.2, 0) is 21.6 Å². The molecule has 3 rings (SSSR count). The molecule has 108 valence electrons. The summed E-state index contributed by atoms with van der Waals surface area (Å²) in [6, 6.07) is 3.92. The molecule has 1 N–H and O–H groups in total. The summed E-state index contributed by atoms with van der Waals surface area (Å²) < 4.78 is 16.7. The molecule has 5 heteroatoms. The average Bonchev–Trinajstić information content (AvgIpc) is 3.19. The summed E-state index contributed by atoms with van der Waals surface area (Å²) in [5, 5.41) is 9.10. The van der Waals surface area contributed by atoms with Gasteiger partial charge in [-0.1, -0.05) is 12.1 Å². The Morgan fingerprint density at radius 1 is 1.30 bits per heavy atom. The summed E-state index contributed by atoms with van der Waals surface area (Å²) in [5.74, 6) is 0.658. The molecule has 0 aromatic heterocycles. The number of rotatable bonds is 5. The van der Waals surface area contributed by atoms with Crippen molar-refractivity contribution >= 4 is 5.97 Å². The van der Waals surface area contributed by atoms with Gasteiger partial charge in [-0.15, -0.1) is 0 Å². The fraction of sp³-hybridized carbons (Fsp3) is 0.533. The zero-order valence-corrected chi connectivity index (χ0v) is 11.5. The molecule has 0 amide bonds. The highest BCUT2D eigenvalue weighted by Crippen LogP contribution is 2.56. The van der Waals surface area contributed by atoms with E-state index in [2.05, 4.69) is 0 Å². The van der Waals surface area contributed by atoms with E-state index >= 15 is 0 Å². The Morgan fingerprint density at radius 2 is 2.00 bits per heavy atom. The zero-order chi connectivity index (χ0) is 14.2. The summed E-state index contributed by atoms with van der Waals surface area (Å²) in [6.45, 7) is 1.47. The summed E-state index contributed by atoms with van der Waals surface area (Å²) in [6.07, 6.45) is 1.92. The molecule has 1 aromatic carbocycles. The van der Waals surface area contributed by atoms with Crippen LogP contribution in [0.1, 0.15) is 30.4 Å². The number of carboxylic acid groups (broad SMARTS) is 1. The second-order valence-electron chi connectivity index (χ2n) is 5.41. The quantitative estimate of drug-likeness (QED) is 0.893. The van der Waals surface area contributed by atoms with Crippen molar-refractivity contribution in [1.82, 2.24) is 0 Å². The number of ether oxygens (including phenoxy) is 3. The largest absolute Gasteiger partial charge is 0.486 e. The van der Waals surface area contributed by atoms with Crippen molar-refractivity contribution in [2.45, 2.75) is 31.3 Å². The van der Waals surface area contributed by atoms with E-state index < -0.39 is 5.97 Å². The zero-order valence-electron chi connectivity index (χ0n) is 11.5. The van der Waals surface area contributed by atoms with Gasteiger partial charge in [-0.3, -0.25) is 4.79 Å². The third-order valence-corrected chi connectivity index (χ3v) is 3.98. The minimum atomic E-state index is -0.769. The maximum atomic E-state index is 11.1. The third-order valence-electron chi connectivity index (χ3n) is 3.98. The first-order chi connectivity index (χ1) is 9.66. The number of hydrogen-bond acceptors (Lipinski definition) is 4. The van der Waals surface area contributed by atoms with Crippen molar-refractivity contribution in [3.8, 4) is 11.5 Å². The molecule has 0 radical (unpaired) electrons. The number of fused-ring (bicyclic) bond motifs is 1. The number of hydrogen-bond donors (Lipinski definition) is 1. The molecule has 1 saturated carbocycles. The maximum absolute atomic E-state index is 11.1. The standard InChI is InChI=1S/C15H18O5/c1-18-9-10-2-3-11(14-13(10)19-6-7-20-14)15(4-5-15)8-12(16)17/h2-3H,4-9H2,1H3,(H,16,17). The third kappa shape index (κ3) is 2.22. The average molecular weight is 278 g/mol. The van der Waals surface area contributed by atoms with E-state index in [4.69, 9.17) is 19.3 Å². The Balaban J connectivity index is 2.02. The molecule has 1 aromatic rings. The molecular weight excluding hydrogens is 260 g/mol. The molecule has 1 heterocycles. The summed E-state index contributed by atoms with van der Waals surface area (Å²) >= 11 is 0. The normalized spacial score (nSPS) is 18.6. The van der Waals surface area contributed by atoms with Gasteiger partial charge in [0.25, 0.3) is 0 Å². The van der Waals surface area contributed by atoms with Crippen LogP contribution >= 0.6 is 0 Å². The Bertz CT molecular complexity index is 533. The number of benzene rings is 1. The molecule has 0 spiro atoms. The van der Waals surface area contributed by atoms with Crippen LogP contribution in [0, 0.1) is 0 Å². The Kier molecular flexibility index (Phi) is 3.30. The molecular formula is C15H18O5. The fourth-order valence-corrected chi connectivity index (χ4v) is 2.86. The SMILES string of the molecule is COCc1ccc(C2(CC(=O)O)CC2)c2c1OCCO2. The predicted molar refractivity (Wildman–Crippen MR) is 71.3 cm³/mol. The van der Waals surface area contributed by atoms with Crippen molar-refractivity contribution in [3.05, 3.63) is 23.3 Å². The van der Waals surface area contributed by atoms with Crippen molar-refractivity contribution in [3.63, 3.8) is 0 Å². The second-order valence-corrected chi connectivity index (χ2v) is 5.41. The summed E-state index contributed by atoms with van der Waals surface area (Å²) in [7, 11) is 1.64. The van der Waals surface area contributed by atoms with Gasteiger partial charge in [0.1, 0.15) is 13.2 Å². The number of aliphatic carboxylic acids is 1. The minimum Gasteiger partial charge on any atom is -0.486 e. The molecule has 5 nitrogen and oxygen atoms in total. The first kappa shape index (κ1) is 13.2. The van der Waals surface area contributed by atoms with Crippen LogP contribution in [0.2, 0.25) is 0 Å². The lowest BCUT2D eigenvalue weighted by atomic mass is 9.90. The van der Waals surface area contributed by atoms with Crippen LogP contribution in [-0.4, -0.2) is 31.4 Å². The van der Waals surface area contributed by atoms with E-state index in [0.717, 1.165) is 24.0 Å². The Hall–Kier alpha value is -1.75. The molecule has 0 atom stereocenters. The van der Waals surface area contributed by atoms with E-state index in [9.17, 15) is 4.79 Å². The number of methoxy groups -OCH3 is 1. The monoisotopic (exact) mass is 278 g/mol. The van der Waals surface area contributed by atoms with Crippen LogP contribution in [0.3, 0.4) is 0 Å². The van der Waals surface area contributed by atoms with Gasteiger partial charge in [0.15, 0.2) is 11.5 Å². The van der Waals surface area contributed by atoms with Crippen molar-refractivity contribution in [2.24, 2.45) is 0 Å².